The van der Waals surface area contributed by atoms with Crippen LogP contribution in [0.4, 0.5) is 17.1 Å². The molecule has 0 amide bonds. The molecule has 10 aromatic carbocycles. The Morgan fingerprint density at radius 2 is 0.910 bits per heavy atom. The Kier molecular flexibility index (Phi) is 7.95. The minimum Gasteiger partial charge on any atom is -0.456 e. The minimum atomic E-state index is -0.593. The number of anilines is 3. The van der Waals surface area contributed by atoms with Crippen molar-refractivity contribution in [1.29, 1.82) is 0 Å². The van der Waals surface area contributed by atoms with Gasteiger partial charge in [0.1, 0.15) is 22.7 Å². The van der Waals surface area contributed by atoms with E-state index in [1.165, 1.54) is 44.5 Å². The summed E-state index contributed by atoms with van der Waals surface area (Å²) >= 11 is 0. The molecule has 0 atom stereocenters. The van der Waals surface area contributed by atoms with Gasteiger partial charge in [0, 0.05) is 49.9 Å². The van der Waals surface area contributed by atoms with E-state index in [1.807, 2.05) is 12.1 Å². The molecule has 1 aliphatic heterocycles. The van der Waals surface area contributed by atoms with Gasteiger partial charge in [-0.15, -0.1) is 0 Å². The average Bonchev–Trinajstić information content (AvgIpc) is 3.98. The zero-order valence-corrected chi connectivity index (χ0v) is 37.1. The summed E-state index contributed by atoms with van der Waals surface area (Å²) in [4.78, 5) is 2.40. The summed E-state index contributed by atoms with van der Waals surface area (Å²) in [5, 5.41) is 2.21. The van der Waals surface area contributed by atoms with E-state index in [4.69, 9.17) is 9.15 Å². The minimum absolute atomic E-state index is 0.146. The van der Waals surface area contributed by atoms with Crippen molar-refractivity contribution < 1.29 is 9.15 Å². The van der Waals surface area contributed by atoms with Crippen molar-refractivity contribution in [1.82, 2.24) is 0 Å². The maximum atomic E-state index is 7.12. The van der Waals surface area contributed by atoms with Crippen LogP contribution in [0.3, 0.4) is 0 Å². The molecule has 1 aromatic heterocycles. The molecule has 3 nitrogen and oxygen atoms in total. The molecule has 2 aliphatic carbocycles. The van der Waals surface area contributed by atoms with Crippen LogP contribution in [0.1, 0.15) is 47.2 Å². The van der Waals surface area contributed by atoms with Gasteiger partial charge >= 0.3 is 0 Å². The second kappa shape index (κ2) is 14.1. The summed E-state index contributed by atoms with van der Waals surface area (Å²) in [6, 6.07) is 81.9. The molecule has 0 saturated carbocycles. The van der Waals surface area contributed by atoms with E-state index in [-0.39, 0.29) is 5.41 Å². The highest BCUT2D eigenvalue weighted by Gasteiger charge is 2.51. The number of furan rings is 1. The second-order valence-electron chi connectivity index (χ2n) is 18.8. The van der Waals surface area contributed by atoms with Gasteiger partial charge < -0.3 is 14.1 Å². The van der Waals surface area contributed by atoms with Crippen molar-refractivity contribution in [2.24, 2.45) is 0 Å². The van der Waals surface area contributed by atoms with Crippen LogP contribution in [0.15, 0.2) is 229 Å². The molecule has 0 unspecified atom stereocenters. The van der Waals surface area contributed by atoms with Gasteiger partial charge in [-0.3, -0.25) is 0 Å². The molecule has 3 heteroatoms. The molecule has 0 N–H and O–H groups in total. The smallest absolute Gasteiger partial charge is 0.140 e. The van der Waals surface area contributed by atoms with Crippen LogP contribution in [0.5, 0.6) is 11.5 Å². The highest BCUT2D eigenvalue weighted by atomic mass is 16.5. The maximum Gasteiger partial charge on any atom is 0.140 e. The number of benzene rings is 10. The molecule has 67 heavy (non-hydrogen) atoms. The van der Waals surface area contributed by atoms with Crippen LogP contribution >= 0.6 is 0 Å². The summed E-state index contributed by atoms with van der Waals surface area (Å²) < 4.78 is 13.5. The molecule has 0 bridgehead atoms. The topological polar surface area (TPSA) is 25.6 Å². The lowest BCUT2D eigenvalue weighted by atomic mass is 9.65. The van der Waals surface area contributed by atoms with Crippen molar-refractivity contribution in [2.45, 2.75) is 24.7 Å². The van der Waals surface area contributed by atoms with Crippen molar-refractivity contribution in [3.8, 4) is 56.0 Å². The quantitative estimate of drug-likeness (QED) is 0.172. The van der Waals surface area contributed by atoms with Gasteiger partial charge in [0.05, 0.1) is 5.41 Å². The molecule has 3 aliphatic rings. The van der Waals surface area contributed by atoms with Crippen LogP contribution in [-0.2, 0) is 10.8 Å². The lowest BCUT2D eigenvalue weighted by Crippen LogP contribution is -2.32. The highest BCUT2D eigenvalue weighted by molar-refractivity contribution is 6.06. The predicted octanol–water partition coefficient (Wildman–Crippen LogP) is 17.2. The van der Waals surface area contributed by atoms with E-state index >= 15 is 0 Å². The maximum absolute atomic E-state index is 7.12. The summed E-state index contributed by atoms with van der Waals surface area (Å²) in [6.45, 7) is 4.70. The summed E-state index contributed by atoms with van der Waals surface area (Å²) in [6.07, 6.45) is 0. The predicted molar refractivity (Wildman–Crippen MR) is 274 cm³/mol. The second-order valence-corrected chi connectivity index (χ2v) is 18.8. The fourth-order valence-electron chi connectivity index (χ4n) is 11.9. The van der Waals surface area contributed by atoms with E-state index in [9.17, 15) is 0 Å². The van der Waals surface area contributed by atoms with Crippen LogP contribution < -0.4 is 9.64 Å². The van der Waals surface area contributed by atoms with Gasteiger partial charge in [-0.2, -0.15) is 0 Å². The lowest BCUT2D eigenvalue weighted by Gasteiger charge is -2.40. The number of ether oxygens (including phenoxy) is 1. The molecule has 0 fully saturated rings. The fraction of sp³-hybridized carbons (Fsp3) is 0.0625. The largest absolute Gasteiger partial charge is 0.456 e. The Morgan fingerprint density at radius 1 is 0.343 bits per heavy atom. The van der Waals surface area contributed by atoms with Crippen LogP contribution in [0.25, 0.3) is 66.4 Å². The number of para-hydroxylation sites is 2. The SMILES string of the molecule is CC1(C)c2ccccc2-c2ccc(N(c3ccc(-c4cc(-c5ccccc5)c5c(c4)C4(c6ccccc6O5)c5ccccc5-c5ccccc54)cc3)c3ccc4oc5ccccc5c4c3)cc21. The third-order valence-corrected chi connectivity index (χ3v) is 14.9. The first-order chi connectivity index (χ1) is 33.0. The first-order valence-electron chi connectivity index (χ1n) is 23.2. The molecular weight excluding hydrogens is 815 g/mol. The van der Waals surface area contributed by atoms with Gasteiger partial charge in [-0.1, -0.05) is 172 Å². The average molecular weight is 858 g/mol. The molecule has 1 spiro atoms. The van der Waals surface area contributed by atoms with Crippen molar-refractivity contribution in [3.63, 3.8) is 0 Å². The summed E-state index contributed by atoms with van der Waals surface area (Å²) in [5.74, 6) is 1.78. The first-order valence-corrected chi connectivity index (χ1v) is 23.2. The number of hydrogen-bond donors (Lipinski definition) is 0. The van der Waals surface area contributed by atoms with E-state index in [2.05, 4.69) is 231 Å². The summed E-state index contributed by atoms with van der Waals surface area (Å²) in [5.41, 5.74) is 21.4. The van der Waals surface area contributed by atoms with Crippen molar-refractivity contribution >= 4 is 39.0 Å². The molecule has 14 rings (SSSR count). The third-order valence-electron chi connectivity index (χ3n) is 14.9. The number of fused-ring (bicyclic) bond motifs is 15. The monoisotopic (exact) mass is 857 g/mol. The molecule has 11 aromatic rings. The van der Waals surface area contributed by atoms with Crippen LogP contribution in [-0.4, -0.2) is 0 Å². The Balaban J connectivity index is 0.970. The molecule has 0 radical (unpaired) electrons. The molecule has 316 valence electrons. The standard InChI is InChI=1S/C64H43NO2/c1-63(2)53-22-10-6-18-46(53)49-34-32-45(39-57(49)63)65(44-33-35-60-52(38-44)50-21-9-14-26-59(50)66-60)43-30-28-40(29-31-43)42-36-51(41-16-4-3-5-17-41)62-58(37-42)64(56-25-13-15-27-61(56)67-62)54-23-11-7-19-47(54)48-20-8-12-24-55(48)64/h3-39H,1-2H3. The van der Waals surface area contributed by atoms with E-state index in [1.54, 1.807) is 0 Å². The zero-order chi connectivity index (χ0) is 44.4. The highest BCUT2D eigenvalue weighted by Crippen LogP contribution is 2.64. The van der Waals surface area contributed by atoms with Gasteiger partial charge in [0.25, 0.3) is 0 Å². The van der Waals surface area contributed by atoms with Gasteiger partial charge in [0.2, 0.25) is 0 Å². The summed E-state index contributed by atoms with van der Waals surface area (Å²) in [7, 11) is 0. The van der Waals surface area contributed by atoms with Crippen LogP contribution in [0, 0.1) is 0 Å². The third kappa shape index (κ3) is 5.34. The van der Waals surface area contributed by atoms with Crippen molar-refractivity contribution in [3.05, 3.63) is 258 Å². The number of hydrogen-bond acceptors (Lipinski definition) is 3. The zero-order valence-electron chi connectivity index (χ0n) is 37.1. The van der Waals surface area contributed by atoms with Crippen molar-refractivity contribution in [2.75, 3.05) is 4.90 Å². The van der Waals surface area contributed by atoms with Crippen LogP contribution in [0.2, 0.25) is 0 Å². The first kappa shape index (κ1) is 37.9. The number of nitrogens with zero attached hydrogens (tertiary/aromatic N) is 1. The van der Waals surface area contributed by atoms with E-state index in [0.29, 0.717) is 0 Å². The Morgan fingerprint density at radius 3 is 1.67 bits per heavy atom. The fourth-order valence-corrected chi connectivity index (χ4v) is 11.9. The Labute approximate surface area is 389 Å². The Hall–Kier alpha value is -8.40. The molecule has 0 saturated heterocycles. The Bertz CT molecular complexity index is 3770. The molecular formula is C64H43NO2. The van der Waals surface area contributed by atoms with Gasteiger partial charge in [-0.25, -0.2) is 0 Å². The molecule has 2 heterocycles. The van der Waals surface area contributed by atoms with E-state index < -0.39 is 5.41 Å². The normalized spacial score (nSPS) is 14.2. The van der Waals surface area contributed by atoms with E-state index in [0.717, 1.165) is 83.9 Å². The number of rotatable bonds is 5. The lowest BCUT2D eigenvalue weighted by molar-refractivity contribution is 0.438. The van der Waals surface area contributed by atoms with Gasteiger partial charge in [0.15, 0.2) is 0 Å². The van der Waals surface area contributed by atoms with Gasteiger partial charge in [-0.05, 0) is 128 Å².